The van der Waals surface area contributed by atoms with Crippen molar-refractivity contribution in [1.82, 2.24) is 19.4 Å². The van der Waals surface area contributed by atoms with Crippen LogP contribution in [0.4, 0.5) is 5.82 Å². The van der Waals surface area contributed by atoms with E-state index in [4.69, 9.17) is 9.47 Å². The van der Waals surface area contributed by atoms with Crippen molar-refractivity contribution in [3.63, 3.8) is 0 Å². The molecule has 1 saturated carbocycles. The molecule has 4 heterocycles. The van der Waals surface area contributed by atoms with Gasteiger partial charge in [0.1, 0.15) is 23.9 Å². The number of rotatable bonds is 4. The lowest BCUT2D eigenvalue weighted by molar-refractivity contribution is -0.160. The van der Waals surface area contributed by atoms with Gasteiger partial charge in [0.15, 0.2) is 5.79 Å². The van der Waals surface area contributed by atoms with Gasteiger partial charge in [-0.25, -0.2) is 9.97 Å². The summed E-state index contributed by atoms with van der Waals surface area (Å²) in [6.45, 7) is 4.09. The second kappa shape index (κ2) is 7.10. The molecule has 3 aliphatic rings. The summed E-state index contributed by atoms with van der Waals surface area (Å²) >= 11 is 0. The lowest BCUT2D eigenvalue weighted by atomic mass is 10.0. The number of ether oxygens (including phenoxy) is 2. The zero-order valence-electron chi connectivity index (χ0n) is 18.7. The van der Waals surface area contributed by atoms with Crippen LogP contribution in [0.1, 0.15) is 47.0 Å². The number of imide groups is 1. The van der Waals surface area contributed by atoms with E-state index in [9.17, 15) is 9.59 Å². The first kappa shape index (κ1) is 20.3. The molecule has 1 aromatic carbocycles. The third-order valence-corrected chi connectivity index (χ3v) is 6.95. The standard InChI is InChI=1S/C24H25N5O4/c1-24(2)32-18-13(11-29-22(30)14-6-4-5-7-15(14)23(29)31)10-17(19(18)33-24)28-9-8-16-20(25-3)26-12-27-21(16)28/h4-9,12-13,17-19H,10-11H2,1-3H3,(H,25,26,27)/t13-,17-,18-,19+/m1/s1. The quantitative estimate of drug-likeness (QED) is 0.614. The van der Waals surface area contributed by atoms with E-state index in [0.717, 1.165) is 16.9 Å². The molecule has 0 spiro atoms. The van der Waals surface area contributed by atoms with Gasteiger partial charge in [-0.1, -0.05) is 12.1 Å². The Labute approximate surface area is 190 Å². The molecule has 0 bridgehead atoms. The molecule has 0 unspecified atom stereocenters. The zero-order chi connectivity index (χ0) is 22.9. The van der Waals surface area contributed by atoms with Crippen LogP contribution in [0.3, 0.4) is 0 Å². The first-order chi connectivity index (χ1) is 15.9. The number of aromatic nitrogens is 3. The summed E-state index contributed by atoms with van der Waals surface area (Å²) in [5, 5.41) is 4.04. The monoisotopic (exact) mass is 447 g/mol. The van der Waals surface area contributed by atoms with E-state index < -0.39 is 5.79 Å². The van der Waals surface area contributed by atoms with Crippen molar-refractivity contribution in [2.24, 2.45) is 5.92 Å². The number of anilines is 1. The SMILES string of the molecule is CNc1ncnc2c1ccn2[C@@H]1C[C@H](CN2C(=O)c3ccccc3C2=O)[C@H]2OC(C)(C)O[C@H]21. The van der Waals surface area contributed by atoms with Crippen LogP contribution in [0.5, 0.6) is 0 Å². The normalized spacial score (nSPS) is 27.9. The van der Waals surface area contributed by atoms with Crippen molar-refractivity contribution >= 4 is 28.7 Å². The molecule has 1 N–H and O–H groups in total. The van der Waals surface area contributed by atoms with E-state index in [2.05, 4.69) is 19.9 Å². The smallest absolute Gasteiger partial charge is 0.261 e. The van der Waals surface area contributed by atoms with Gasteiger partial charge >= 0.3 is 0 Å². The summed E-state index contributed by atoms with van der Waals surface area (Å²) in [6.07, 6.45) is 3.78. The molecule has 9 nitrogen and oxygen atoms in total. The van der Waals surface area contributed by atoms with Crippen LogP contribution in [-0.4, -0.2) is 62.8 Å². The maximum Gasteiger partial charge on any atom is 0.261 e. The fraction of sp³-hybridized carbons (Fsp3) is 0.417. The maximum absolute atomic E-state index is 13.0. The summed E-state index contributed by atoms with van der Waals surface area (Å²) in [7, 11) is 1.83. The second-order valence-corrected chi connectivity index (χ2v) is 9.33. The molecule has 2 fully saturated rings. The van der Waals surface area contributed by atoms with Gasteiger partial charge in [-0.05, 0) is 38.5 Å². The number of carbonyl (C=O) groups excluding carboxylic acids is 2. The molecule has 1 aliphatic carbocycles. The van der Waals surface area contributed by atoms with Gasteiger partial charge < -0.3 is 19.4 Å². The van der Waals surface area contributed by atoms with Gasteiger partial charge in [-0.2, -0.15) is 0 Å². The number of hydrogen-bond donors (Lipinski definition) is 1. The molecule has 1 saturated heterocycles. The third kappa shape index (κ3) is 2.99. The molecule has 33 heavy (non-hydrogen) atoms. The molecule has 4 atom stereocenters. The Hall–Kier alpha value is -3.30. The highest BCUT2D eigenvalue weighted by atomic mass is 16.8. The van der Waals surface area contributed by atoms with E-state index in [-0.39, 0.29) is 36.0 Å². The summed E-state index contributed by atoms with van der Waals surface area (Å²) in [4.78, 5) is 36.1. The molecule has 9 heteroatoms. The number of nitrogens with zero attached hydrogens (tertiary/aromatic N) is 4. The van der Waals surface area contributed by atoms with Crippen LogP contribution >= 0.6 is 0 Å². The molecular weight excluding hydrogens is 422 g/mol. The molecule has 2 aliphatic heterocycles. The predicted molar refractivity (Wildman–Crippen MR) is 120 cm³/mol. The Bertz CT molecular complexity index is 1250. The third-order valence-electron chi connectivity index (χ3n) is 6.95. The van der Waals surface area contributed by atoms with E-state index >= 15 is 0 Å². The largest absolute Gasteiger partial charge is 0.372 e. The number of hydrogen-bond acceptors (Lipinski definition) is 7. The van der Waals surface area contributed by atoms with E-state index in [1.54, 1.807) is 30.6 Å². The van der Waals surface area contributed by atoms with E-state index in [0.29, 0.717) is 24.1 Å². The highest BCUT2D eigenvalue weighted by Crippen LogP contribution is 2.48. The lowest BCUT2D eigenvalue weighted by Crippen LogP contribution is -2.38. The average Bonchev–Trinajstić information content (AvgIpc) is 3.51. The van der Waals surface area contributed by atoms with Crippen molar-refractivity contribution in [2.75, 3.05) is 18.9 Å². The minimum Gasteiger partial charge on any atom is -0.372 e. The molecule has 2 aromatic heterocycles. The lowest BCUT2D eigenvalue weighted by Gasteiger charge is -2.26. The number of nitrogens with one attached hydrogen (secondary N) is 1. The first-order valence-corrected chi connectivity index (χ1v) is 11.2. The van der Waals surface area contributed by atoms with Crippen molar-refractivity contribution in [3.05, 3.63) is 54.0 Å². The van der Waals surface area contributed by atoms with Crippen molar-refractivity contribution < 1.29 is 19.1 Å². The minimum atomic E-state index is -0.748. The summed E-state index contributed by atoms with van der Waals surface area (Å²) in [5.41, 5.74) is 1.74. The zero-order valence-corrected chi connectivity index (χ0v) is 18.7. The Morgan fingerprint density at radius 3 is 2.45 bits per heavy atom. The van der Waals surface area contributed by atoms with E-state index in [1.807, 2.05) is 33.2 Å². The van der Waals surface area contributed by atoms with Crippen molar-refractivity contribution in [1.29, 1.82) is 0 Å². The minimum absolute atomic E-state index is 0.0472. The Morgan fingerprint density at radius 2 is 1.76 bits per heavy atom. The number of amides is 2. The molecule has 0 radical (unpaired) electrons. The maximum atomic E-state index is 13.0. The number of benzene rings is 1. The number of fused-ring (bicyclic) bond motifs is 3. The van der Waals surface area contributed by atoms with Gasteiger partial charge in [0.2, 0.25) is 0 Å². The Morgan fingerprint density at radius 1 is 1.06 bits per heavy atom. The molecular formula is C24H25N5O4. The van der Waals surface area contributed by atoms with Crippen LogP contribution < -0.4 is 5.32 Å². The Balaban J connectivity index is 1.34. The highest BCUT2D eigenvalue weighted by Gasteiger charge is 2.55. The van der Waals surface area contributed by atoms with Crippen LogP contribution in [0.15, 0.2) is 42.9 Å². The second-order valence-electron chi connectivity index (χ2n) is 9.33. The molecule has 2 amide bonds. The van der Waals surface area contributed by atoms with Gasteiger partial charge in [-0.3, -0.25) is 14.5 Å². The van der Waals surface area contributed by atoms with Crippen molar-refractivity contribution in [2.45, 2.75) is 44.3 Å². The van der Waals surface area contributed by atoms with E-state index in [1.165, 1.54) is 4.90 Å². The molecule has 3 aromatic rings. The summed E-state index contributed by atoms with van der Waals surface area (Å²) in [6, 6.07) is 8.93. The topological polar surface area (TPSA) is 98.6 Å². The highest BCUT2D eigenvalue weighted by molar-refractivity contribution is 6.21. The van der Waals surface area contributed by atoms with Gasteiger partial charge in [0, 0.05) is 25.7 Å². The summed E-state index contributed by atoms with van der Waals surface area (Å²) < 4.78 is 14.7. The van der Waals surface area contributed by atoms with Crippen LogP contribution in [-0.2, 0) is 9.47 Å². The van der Waals surface area contributed by atoms with Crippen LogP contribution in [0.25, 0.3) is 11.0 Å². The molecule has 170 valence electrons. The fourth-order valence-electron chi connectivity index (χ4n) is 5.59. The van der Waals surface area contributed by atoms with Crippen LogP contribution in [0.2, 0.25) is 0 Å². The number of carbonyl (C=O) groups is 2. The van der Waals surface area contributed by atoms with Gasteiger partial charge in [0.05, 0.1) is 28.7 Å². The van der Waals surface area contributed by atoms with Gasteiger partial charge in [-0.15, -0.1) is 0 Å². The molecule has 6 rings (SSSR count). The predicted octanol–water partition coefficient (Wildman–Crippen LogP) is 2.85. The average molecular weight is 447 g/mol. The fourth-order valence-corrected chi connectivity index (χ4v) is 5.59. The van der Waals surface area contributed by atoms with Gasteiger partial charge in [0.25, 0.3) is 11.8 Å². The summed E-state index contributed by atoms with van der Waals surface area (Å²) in [5.74, 6) is -0.535. The van der Waals surface area contributed by atoms with Crippen molar-refractivity contribution in [3.8, 4) is 0 Å². The Kier molecular flexibility index (Phi) is 4.37. The van der Waals surface area contributed by atoms with Crippen LogP contribution in [0, 0.1) is 5.92 Å². The first-order valence-electron chi connectivity index (χ1n) is 11.2.